The standard InChI is InChI=1S/C19H28N2O6S/c1-6-16-21(13(11-28-16)18(22)20-7-8-24-2)19(23)12-9-14(25-3)17(27-5)15(10-12)26-4/h9-10,13,16H,6-8,11H2,1-5H3,(H,20,22)/t13-,16-/m1/s1. The highest BCUT2D eigenvalue weighted by Crippen LogP contribution is 2.40. The molecule has 1 aromatic carbocycles. The number of hydrogen-bond donors (Lipinski definition) is 1. The summed E-state index contributed by atoms with van der Waals surface area (Å²) in [5.74, 6) is 1.33. The Morgan fingerprint density at radius 1 is 1.14 bits per heavy atom. The number of carbonyl (C=O) groups excluding carboxylic acids is 2. The Morgan fingerprint density at radius 3 is 2.29 bits per heavy atom. The second kappa shape index (κ2) is 10.4. The molecule has 0 spiro atoms. The summed E-state index contributed by atoms with van der Waals surface area (Å²) in [6.45, 7) is 2.82. The molecule has 0 aromatic heterocycles. The van der Waals surface area contributed by atoms with E-state index in [0.717, 1.165) is 6.42 Å². The number of benzene rings is 1. The molecule has 2 atom stereocenters. The fraction of sp³-hybridized carbons (Fsp3) is 0.579. The van der Waals surface area contributed by atoms with Crippen LogP contribution in [0.4, 0.5) is 0 Å². The van der Waals surface area contributed by atoms with Crippen LogP contribution < -0.4 is 19.5 Å². The minimum absolute atomic E-state index is 0.0789. The van der Waals surface area contributed by atoms with Crippen LogP contribution in [0.3, 0.4) is 0 Å². The monoisotopic (exact) mass is 412 g/mol. The highest BCUT2D eigenvalue weighted by atomic mass is 32.2. The van der Waals surface area contributed by atoms with Gasteiger partial charge in [0, 0.05) is 25.0 Å². The van der Waals surface area contributed by atoms with Crippen LogP contribution in [0.15, 0.2) is 12.1 Å². The van der Waals surface area contributed by atoms with E-state index < -0.39 is 6.04 Å². The maximum Gasteiger partial charge on any atom is 0.255 e. The Labute approximate surface area is 169 Å². The van der Waals surface area contributed by atoms with Crippen molar-refractivity contribution in [1.29, 1.82) is 0 Å². The van der Waals surface area contributed by atoms with E-state index in [0.29, 0.717) is 41.7 Å². The molecule has 1 saturated heterocycles. The van der Waals surface area contributed by atoms with E-state index in [-0.39, 0.29) is 17.2 Å². The Hall–Kier alpha value is -2.13. The first-order chi connectivity index (χ1) is 13.5. The summed E-state index contributed by atoms with van der Waals surface area (Å²) in [6, 6.07) is 2.68. The maximum atomic E-state index is 13.4. The average molecular weight is 413 g/mol. The Morgan fingerprint density at radius 2 is 1.79 bits per heavy atom. The lowest BCUT2D eigenvalue weighted by Crippen LogP contribution is -2.50. The topological polar surface area (TPSA) is 86.3 Å². The predicted octanol–water partition coefficient (Wildman–Crippen LogP) is 1.77. The van der Waals surface area contributed by atoms with Crippen molar-refractivity contribution in [3.63, 3.8) is 0 Å². The molecule has 1 fully saturated rings. The van der Waals surface area contributed by atoms with Gasteiger partial charge in [-0.3, -0.25) is 9.59 Å². The number of methoxy groups -OCH3 is 4. The number of hydrogen-bond acceptors (Lipinski definition) is 7. The molecule has 1 N–H and O–H groups in total. The van der Waals surface area contributed by atoms with Crippen molar-refractivity contribution >= 4 is 23.6 Å². The van der Waals surface area contributed by atoms with Crippen LogP contribution in [-0.4, -0.2) is 75.5 Å². The number of carbonyl (C=O) groups is 2. The van der Waals surface area contributed by atoms with Crippen LogP contribution in [-0.2, 0) is 9.53 Å². The summed E-state index contributed by atoms with van der Waals surface area (Å²) in [5.41, 5.74) is 0.380. The SMILES string of the molecule is CC[C@H]1SC[C@H](C(=O)NCCOC)N1C(=O)c1cc(OC)c(OC)c(OC)c1. The van der Waals surface area contributed by atoms with Crippen LogP contribution in [0.1, 0.15) is 23.7 Å². The molecule has 0 aliphatic carbocycles. The number of nitrogens with one attached hydrogen (secondary N) is 1. The number of amides is 2. The molecule has 0 radical (unpaired) electrons. The van der Waals surface area contributed by atoms with Crippen molar-refractivity contribution in [1.82, 2.24) is 10.2 Å². The smallest absolute Gasteiger partial charge is 0.255 e. The lowest BCUT2D eigenvalue weighted by Gasteiger charge is -2.28. The Kier molecular flexibility index (Phi) is 8.25. The second-order valence-electron chi connectivity index (χ2n) is 6.12. The van der Waals surface area contributed by atoms with Crippen LogP contribution in [0.2, 0.25) is 0 Å². The van der Waals surface area contributed by atoms with Crippen LogP contribution in [0, 0.1) is 0 Å². The predicted molar refractivity (Wildman–Crippen MR) is 107 cm³/mol. The van der Waals surface area contributed by atoms with Crippen LogP contribution in [0.25, 0.3) is 0 Å². The van der Waals surface area contributed by atoms with Gasteiger partial charge in [-0.15, -0.1) is 11.8 Å². The zero-order valence-corrected chi connectivity index (χ0v) is 17.8. The average Bonchev–Trinajstić information content (AvgIpc) is 3.16. The van der Waals surface area contributed by atoms with Crippen molar-refractivity contribution in [2.75, 3.05) is 47.3 Å². The van der Waals surface area contributed by atoms with Crippen LogP contribution in [0.5, 0.6) is 17.2 Å². The molecule has 156 valence electrons. The largest absolute Gasteiger partial charge is 0.493 e. The quantitative estimate of drug-likeness (QED) is 0.619. The van der Waals surface area contributed by atoms with Crippen molar-refractivity contribution in [3.05, 3.63) is 17.7 Å². The summed E-state index contributed by atoms with van der Waals surface area (Å²) in [7, 11) is 6.08. The molecular formula is C19H28N2O6S. The van der Waals surface area contributed by atoms with Gasteiger partial charge in [0.2, 0.25) is 11.7 Å². The molecule has 0 unspecified atom stereocenters. The van der Waals surface area contributed by atoms with Gasteiger partial charge < -0.3 is 29.2 Å². The molecular weight excluding hydrogens is 384 g/mol. The lowest BCUT2D eigenvalue weighted by molar-refractivity contribution is -0.125. The minimum Gasteiger partial charge on any atom is -0.493 e. The fourth-order valence-electron chi connectivity index (χ4n) is 3.10. The second-order valence-corrected chi connectivity index (χ2v) is 7.33. The zero-order valence-electron chi connectivity index (χ0n) is 16.9. The zero-order chi connectivity index (χ0) is 20.7. The van der Waals surface area contributed by atoms with E-state index in [1.54, 1.807) is 35.9 Å². The van der Waals surface area contributed by atoms with E-state index in [2.05, 4.69) is 5.32 Å². The normalized spacial score (nSPS) is 18.7. The first kappa shape index (κ1) is 22.2. The van der Waals surface area contributed by atoms with Gasteiger partial charge >= 0.3 is 0 Å². The number of nitrogens with zero attached hydrogens (tertiary/aromatic N) is 1. The van der Waals surface area contributed by atoms with Gasteiger partial charge in [0.25, 0.3) is 5.91 Å². The van der Waals surface area contributed by atoms with Crippen LogP contribution >= 0.6 is 11.8 Å². The van der Waals surface area contributed by atoms with E-state index in [4.69, 9.17) is 18.9 Å². The highest BCUT2D eigenvalue weighted by Gasteiger charge is 2.41. The maximum absolute atomic E-state index is 13.4. The molecule has 0 bridgehead atoms. The van der Waals surface area contributed by atoms with E-state index >= 15 is 0 Å². The van der Waals surface area contributed by atoms with Crippen molar-refractivity contribution in [2.45, 2.75) is 24.8 Å². The summed E-state index contributed by atoms with van der Waals surface area (Å²) in [4.78, 5) is 27.6. The molecule has 28 heavy (non-hydrogen) atoms. The molecule has 2 rings (SSSR count). The third-order valence-corrected chi connectivity index (χ3v) is 5.95. The van der Waals surface area contributed by atoms with Gasteiger partial charge in [-0.2, -0.15) is 0 Å². The molecule has 1 aromatic rings. The number of rotatable bonds is 9. The molecule has 2 amide bonds. The van der Waals surface area contributed by atoms with E-state index in [1.165, 1.54) is 21.3 Å². The molecule has 9 heteroatoms. The number of thioether (sulfide) groups is 1. The van der Waals surface area contributed by atoms with Crippen molar-refractivity contribution in [3.8, 4) is 17.2 Å². The molecule has 1 aliphatic rings. The number of ether oxygens (including phenoxy) is 4. The lowest BCUT2D eigenvalue weighted by atomic mass is 10.1. The van der Waals surface area contributed by atoms with Gasteiger partial charge in [0.1, 0.15) is 6.04 Å². The third kappa shape index (κ3) is 4.64. The first-order valence-corrected chi connectivity index (χ1v) is 10.1. The summed E-state index contributed by atoms with van der Waals surface area (Å²) < 4.78 is 21.0. The summed E-state index contributed by atoms with van der Waals surface area (Å²) in [5, 5.41) is 2.75. The summed E-state index contributed by atoms with van der Waals surface area (Å²) >= 11 is 1.60. The van der Waals surface area contributed by atoms with Gasteiger partial charge in [-0.25, -0.2) is 0 Å². The van der Waals surface area contributed by atoms with E-state index in [1.807, 2.05) is 6.92 Å². The van der Waals surface area contributed by atoms with E-state index in [9.17, 15) is 9.59 Å². The molecule has 1 heterocycles. The third-order valence-electron chi connectivity index (χ3n) is 4.50. The highest BCUT2D eigenvalue weighted by molar-refractivity contribution is 8.00. The fourth-order valence-corrected chi connectivity index (χ4v) is 4.46. The molecule has 0 saturated carbocycles. The van der Waals surface area contributed by atoms with Gasteiger partial charge in [0.05, 0.1) is 33.3 Å². The van der Waals surface area contributed by atoms with Crippen molar-refractivity contribution in [2.24, 2.45) is 0 Å². The first-order valence-electron chi connectivity index (χ1n) is 9.03. The van der Waals surface area contributed by atoms with Gasteiger partial charge in [-0.05, 0) is 18.6 Å². The van der Waals surface area contributed by atoms with Gasteiger partial charge in [-0.1, -0.05) is 6.92 Å². The summed E-state index contributed by atoms with van der Waals surface area (Å²) in [6.07, 6.45) is 0.739. The molecule has 8 nitrogen and oxygen atoms in total. The minimum atomic E-state index is -0.543. The Balaban J connectivity index is 2.34. The Bertz CT molecular complexity index is 674. The van der Waals surface area contributed by atoms with Crippen molar-refractivity contribution < 1.29 is 28.5 Å². The van der Waals surface area contributed by atoms with Gasteiger partial charge in [0.15, 0.2) is 11.5 Å². The molecule has 1 aliphatic heterocycles.